The van der Waals surface area contributed by atoms with Gasteiger partial charge in [-0.1, -0.05) is 85.0 Å². The molecule has 6 saturated heterocycles. The van der Waals surface area contributed by atoms with E-state index in [1.54, 1.807) is 0 Å². The maximum Gasteiger partial charge on any atom is 0.135 e. The molecule has 6 aliphatic heterocycles. The van der Waals surface area contributed by atoms with Gasteiger partial charge in [0.05, 0.1) is 50.4 Å². The molecule has 0 saturated carbocycles. The van der Waals surface area contributed by atoms with Crippen molar-refractivity contribution < 1.29 is 18.4 Å². The monoisotopic (exact) mass is 772 g/mol. The summed E-state index contributed by atoms with van der Waals surface area (Å²) in [7, 11) is 0. The van der Waals surface area contributed by atoms with Crippen LogP contribution in [0, 0.1) is 23.7 Å². The van der Waals surface area contributed by atoms with E-state index in [9.17, 15) is 0 Å². The minimum absolute atomic E-state index is 0.0555. The first-order valence-corrected chi connectivity index (χ1v) is 21.6. The van der Waals surface area contributed by atoms with Gasteiger partial charge in [-0.3, -0.25) is 9.97 Å². The second-order valence-electron chi connectivity index (χ2n) is 17.8. The Hall–Kier alpha value is -4.72. The van der Waals surface area contributed by atoms with Gasteiger partial charge in [-0.25, -0.2) is 0 Å². The Morgan fingerprint density at radius 2 is 1.02 bits per heavy atom. The van der Waals surface area contributed by atoms with Crippen molar-refractivity contribution in [2.75, 3.05) is 39.4 Å². The quantitative estimate of drug-likeness (QED) is 0.0740. The number of pyridine rings is 2. The summed E-state index contributed by atoms with van der Waals surface area (Å²) in [6, 6.07) is 31.8. The van der Waals surface area contributed by atoms with Crippen LogP contribution in [-0.2, 0) is 22.6 Å². The minimum atomic E-state index is -0.0555. The van der Waals surface area contributed by atoms with Gasteiger partial charge >= 0.3 is 0 Å². The highest BCUT2D eigenvalue weighted by Gasteiger charge is 2.56. The van der Waals surface area contributed by atoms with Crippen LogP contribution in [0.4, 0.5) is 0 Å². The molecule has 8 heterocycles. The lowest BCUT2D eigenvalue weighted by Gasteiger charge is -2.59. The molecule has 11 rings (SSSR count). The number of ether oxygens (including phenoxy) is 2. The molecule has 58 heavy (non-hydrogen) atoms. The number of quaternary nitrogens is 2. The summed E-state index contributed by atoms with van der Waals surface area (Å²) < 4.78 is 15.7. The molecule has 5 aromatic rings. The highest BCUT2D eigenvalue weighted by atomic mass is 16.5. The molecular weight excluding hydrogens is 713 g/mol. The van der Waals surface area contributed by atoms with E-state index in [4.69, 9.17) is 19.4 Å². The van der Waals surface area contributed by atoms with E-state index >= 15 is 0 Å². The fourth-order valence-corrected chi connectivity index (χ4v) is 12.1. The van der Waals surface area contributed by atoms with Gasteiger partial charge in [0.2, 0.25) is 0 Å². The summed E-state index contributed by atoms with van der Waals surface area (Å²) in [5, 5.41) is 2.37. The van der Waals surface area contributed by atoms with Crippen molar-refractivity contribution in [3.63, 3.8) is 0 Å². The topological polar surface area (TPSA) is 44.2 Å². The predicted octanol–water partition coefficient (Wildman–Crippen LogP) is 10.5. The van der Waals surface area contributed by atoms with Crippen LogP contribution >= 0.6 is 0 Å². The van der Waals surface area contributed by atoms with Crippen LogP contribution in [0.1, 0.15) is 60.1 Å². The van der Waals surface area contributed by atoms with Crippen LogP contribution in [0.3, 0.4) is 0 Å². The van der Waals surface area contributed by atoms with E-state index in [0.717, 1.165) is 72.1 Å². The van der Waals surface area contributed by atoms with Gasteiger partial charge in [0, 0.05) is 71.8 Å². The number of hydrogen-bond acceptors (Lipinski definition) is 4. The van der Waals surface area contributed by atoms with Crippen LogP contribution < -0.4 is 0 Å². The van der Waals surface area contributed by atoms with Gasteiger partial charge in [-0.05, 0) is 47.2 Å². The molecule has 4 bridgehead atoms. The molecule has 0 amide bonds. The van der Waals surface area contributed by atoms with Gasteiger partial charge in [0.25, 0.3) is 0 Å². The molecule has 6 aliphatic rings. The molecule has 298 valence electrons. The highest BCUT2D eigenvalue weighted by molar-refractivity contribution is 5.83. The molecule has 0 aliphatic carbocycles. The second kappa shape index (κ2) is 16.5. The van der Waals surface area contributed by atoms with E-state index < -0.39 is 0 Å². The molecule has 0 N–H and O–H groups in total. The van der Waals surface area contributed by atoms with Gasteiger partial charge < -0.3 is 18.4 Å². The first-order valence-electron chi connectivity index (χ1n) is 21.6. The van der Waals surface area contributed by atoms with Crippen LogP contribution in [0.15, 0.2) is 148 Å². The summed E-state index contributed by atoms with van der Waals surface area (Å²) >= 11 is 0. The van der Waals surface area contributed by atoms with Crippen molar-refractivity contribution >= 4 is 21.8 Å². The molecule has 6 fully saturated rings. The Bertz CT molecular complexity index is 2120. The average molecular weight is 773 g/mol. The summed E-state index contributed by atoms with van der Waals surface area (Å²) in [6.45, 7) is 24.3. The van der Waals surface area contributed by atoms with Crippen molar-refractivity contribution in [1.29, 1.82) is 0 Å². The SMILES string of the molecule is C=CCO[C@H](c1ccnc2ccccc12)C1CC2CC[N+]1(Cc1ccc(C[N+]34CCC(CC3[C@H](OCC=C)c3ccnc5ccccc35)C(C=C)C4)cc1)CC2C=C. The van der Waals surface area contributed by atoms with Crippen molar-refractivity contribution in [3.8, 4) is 0 Å². The van der Waals surface area contributed by atoms with Gasteiger partial charge in [-0.15, -0.1) is 26.3 Å². The molecule has 3 aromatic carbocycles. The van der Waals surface area contributed by atoms with Crippen LogP contribution in [0.25, 0.3) is 21.8 Å². The number of benzene rings is 3. The molecule has 6 heteroatoms. The zero-order chi connectivity index (χ0) is 39.7. The van der Waals surface area contributed by atoms with E-state index in [-0.39, 0.29) is 12.2 Å². The number of hydrogen-bond donors (Lipinski definition) is 0. The lowest BCUT2D eigenvalue weighted by molar-refractivity contribution is -0.985. The smallest absolute Gasteiger partial charge is 0.135 e. The first kappa shape index (κ1) is 38.8. The number of rotatable bonds is 16. The molecule has 10 atom stereocenters. The summed E-state index contributed by atoms with van der Waals surface area (Å²) in [6.07, 6.45) is 16.8. The fraction of sp³-hybridized carbons (Fsp3) is 0.385. The largest absolute Gasteiger partial charge is 0.363 e. The van der Waals surface area contributed by atoms with Gasteiger partial charge in [0.1, 0.15) is 37.4 Å². The van der Waals surface area contributed by atoms with Crippen molar-refractivity contribution in [2.45, 2.75) is 63.1 Å². The Labute approximate surface area is 345 Å². The zero-order valence-corrected chi connectivity index (χ0v) is 34.1. The number of para-hydroxylation sites is 2. The molecule has 2 aromatic heterocycles. The summed E-state index contributed by atoms with van der Waals surface area (Å²) in [5.74, 6) is 2.29. The predicted molar refractivity (Wildman–Crippen MR) is 236 cm³/mol. The van der Waals surface area contributed by atoms with Crippen molar-refractivity contribution in [3.05, 3.63) is 170 Å². The molecule has 8 unspecified atom stereocenters. The van der Waals surface area contributed by atoms with Crippen LogP contribution in [0.2, 0.25) is 0 Å². The first-order chi connectivity index (χ1) is 28.5. The minimum Gasteiger partial charge on any atom is -0.363 e. The van der Waals surface area contributed by atoms with E-state index in [2.05, 4.69) is 123 Å². The third kappa shape index (κ3) is 7.08. The standard InChI is InChI=1S/C52H60N4O2/c1-5-29-57-51(45-21-25-53-47-15-11-9-13-43(45)47)49-31-41-23-27-55(49,35-39(41)7-3)33-37-17-19-38(20-18-37)34-56-28-24-42(40(8-4)36-56)32-50(56)52(58-30-6-2)46-22-26-54-48-16-12-10-14-44(46)48/h5-22,25-26,39-42,49-52H,1-4,23-24,27-36H2/q+2/t39?,40?,41?,42?,49?,50?,51-,52-,55?,56?/m1/s1. The van der Waals surface area contributed by atoms with Crippen molar-refractivity contribution in [1.82, 2.24) is 9.97 Å². The zero-order valence-electron chi connectivity index (χ0n) is 34.1. The Morgan fingerprint density at radius 1 is 0.586 bits per heavy atom. The molecule has 0 radical (unpaired) electrons. The van der Waals surface area contributed by atoms with E-state index in [0.29, 0.717) is 49.0 Å². The average Bonchev–Trinajstić information content (AvgIpc) is 3.27. The Kier molecular flexibility index (Phi) is 11.0. The maximum absolute atomic E-state index is 6.85. The maximum atomic E-state index is 6.85. The molecule has 6 nitrogen and oxygen atoms in total. The lowest BCUT2D eigenvalue weighted by atomic mass is 9.71. The van der Waals surface area contributed by atoms with E-state index in [1.165, 1.54) is 45.9 Å². The van der Waals surface area contributed by atoms with E-state index in [1.807, 2.05) is 24.5 Å². The highest BCUT2D eigenvalue weighted by Crippen LogP contribution is 2.51. The third-order valence-corrected chi connectivity index (χ3v) is 14.8. The number of aromatic nitrogens is 2. The summed E-state index contributed by atoms with van der Waals surface area (Å²) in [4.78, 5) is 9.44. The second-order valence-corrected chi connectivity index (χ2v) is 17.8. The normalized spacial score (nSPS) is 29.9. The number of fused-ring (bicyclic) bond motifs is 8. The van der Waals surface area contributed by atoms with Gasteiger partial charge in [-0.2, -0.15) is 0 Å². The summed E-state index contributed by atoms with van der Waals surface area (Å²) in [5.41, 5.74) is 7.32. The number of piperidine rings is 6. The Morgan fingerprint density at radius 3 is 1.43 bits per heavy atom. The van der Waals surface area contributed by atoms with Crippen molar-refractivity contribution in [2.24, 2.45) is 23.7 Å². The number of nitrogens with zero attached hydrogens (tertiary/aromatic N) is 4. The van der Waals surface area contributed by atoms with Crippen LogP contribution in [0.5, 0.6) is 0 Å². The van der Waals surface area contributed by atoms with Crippen LogP contribution in [-0.4, -0.2) is 70.4 Å². The van der Waals surface area contributed by atoms with Gasteiger partial charge in [0.15, 0.2) is 0 Å². The molecule has 0 spiro atoms. The lowest BCUT2D eigenvalue weighted by Crippen LogP contribution is -2.67. The third-order valence-electron chi connectivity index (χ3n) is 14.8. The molecular formula is C52H60N4O2+2. The Balaban J connectivity index is 1.03. The fourth-order valence-electron chi connectivity index (χ4n) is 12.1.